The second-order valence-electron chi connectivity index (χ2n) is 4.99. The number of phenols is 1. The van der Waals surface area contributed by atoms with Crippen LogP contribution in [0.4, 0.5) is 39.5 Å². The summed E-state index contributed by atoms with van der Waals surface area (Å²) < 4.78 is 117. The third kappa shape index (κ3) is 3.99. The monoisotopic (exact) mass is 374 g/mol. The van der Waals surface area contributed by atoms with E-state index in [1.165, 1.54) is 0 Å². The molecule has 0 heterocycles. The van der Waals surface area contributed by atoms with Gasteiger partial charge in [0.2, 0.25) is 0 Å². The van der Waals surface area contributed by atoms with Crippen LogP contribution in [0, 0.1) is 0 Å². The van der Waals surface area contributed by atoms with Crippen molar-refractivity contribution >= 4 is 0 Å². The van der Waals surface area contributed by atoms with Crippen LogP contribution >= 0.6 is 0 Å². The first-order valence-corrected chi connectivity index (χ1v) is 6.40. The summed E-state index contributed by atoms with van der Waals surface area (Å²) in [7, 11) is 0. The number of rotatable bonds is 1. The molecule has 0 amide bonds. The molecule has 0 saturated heterocycles. The number of aromatic hydroxyl groups is 1. The Hall–Kier alpha value is -2.39. The molecular weight excluding hydrogens is 367 g/mol. The third-order valence-corrected chi connectivity index (χ3v) is 3.23. The number of halogens is 9. The largest absolute Gasteiger partial charge is 0.508 e. The zero-order chi connectivity index (χ0) is 19.2. The second kappa shape index (κ2) is 5.85. The number of hydrogen-bond donors (Lipinski definition) is 1. The first-order valence-electron chi connectivity index (χ1n) is 6.40. The van der Waals surface area contributed by atoms with Gasteiger partial charge in [0, 0.05) is 5.56 Å². The van der Waals surface area contributed by atoms with Crippen molar-refractivity contribution in [2.45, 2.75) is 18.5 Å². The molecule has 0 aliphatic heterocycles. The minimum Gasteiger partial charge on any atom is -0.508 e. The van der Waals surface area contributed by atoms with E-state index < -0.39 is 52.1 Å². The molecule has 2 rings (SSSR count). The molecule has 1 N–H and O–H groups in total. The van der Waals surface area contributed by atoms with Crippen molar-refractivity contribution in [3.05, 3.63) is 53.1 Å². The summed E-state index contributed by atoms with van der Waals surface area (Å²) in [6.07, 6.45) is -16.3. The molecule has 2 aromatic rings. The fourth-order valence-electron chi connectivity index (χ4n) is 2.19. The van der Waals surface area contributed by atoms with E-state index in [1.807, 2.05) is 0 Å². The van der Waals surface area contributed by atoms with Gasteiger partial charge in [0.25, 0.3) is 0 Å². The van der Waals surface area contributed by atoms with Gasteiger partial charge in [-0.3, -0.25) is 0 Å². The van der Waals surface area contributed by atoms with Gasteiger partial charge in [-0.25, -0.2) is 0 Å². The average Bonchev–Trinajstić information content (AvgIpc) is 2.44. The van der Waals surface area contributed by atoms with E-state index in [4.69, 9.17) is 5.11 Å². The number of alkyl halides is 9. The Kier molecular flexibility index (Phi) is 4.43. The SMILES string of the molecule is Oc1ccc(-c2c(C(F)(F)F)cc(C(F)(F)F)cc2C(F)(F)F)cc1. The number of hydrogen-bond acceptors (Lipinski definition) is 1. The first kappa shape index (κ1) is 18.9. The van der Waals surface area contributed by atoms with E-state index >= 15 is 0 Å². The van der Waals surface area contributed by atoms with E-state index in [9.17, 15) is 39.5 Å². The Balaban J connectivity index is 2.94. The molecule has 1 nitrogen and oxygen atoms in total. The van der Waals surface area contributed by atoms with Crippen LogP contribution < -0.4 is 0 Å². The maximum absolute atomic E-state index is 13.2. The summed E-state index contributed by atoms with van der Waals surface area (Å²) in [6.45, 7) is 0. The summed E-state index contributed by atoms with van der Waals surface area (Å²) in [5.74, 6) is -0.433. The predicted molar refractivity (Wildman–Crippen MR) is 68.5 cm³/mol. The van der Waals surface area contributed by atoms with E-state index in [1.54, 1.807) is 0 Å². The smallest absolute Gasteiger partial charge is 0.417 e. The summed E-state index contributed by atoms with van der Waals surface area (Å²) in [5, 5.41) is 9.12. The van der Waals surface area contributed by atoms with Gasteiger partial charge in [-0.15, -0.1) is 0 Å². The highest BCUT2D eigenvalue weighted by molar-refractivity contribution is 5.73. The predicted octanol–water partition coefficient (Wildman–Crippen LogP) is 6.12. The topological polar surface area (TPSA) is 20.2 Å². The summed E-state index contributed by atoms with van der Waals surface area (Å²) in [5.41, 5.74) is -8.27. The van der Waals surface area contributed by atoms with E-state index in [0.717, 1.165) is 24.3 Å². The molecule has 0 aliphatic rings. The van der Waals surface area contributed by atoms with Gasteiger partial charge in [0.15, 0.2) is 0 Å². The van der Waals surface area contributed by atoms with Crippen molar-refractivity contribution in [1.82, 2.24) is 0 Å². The van der Waals surface area contributed by atoms with E-state index in [2.05, 4.69) is 0 Å². The highest BCUT2D eigenvalue weighted by Gasteiger charge is 2.44. The van der Waals surface area contributed by atoms with Gasteiger partial charge < -0.3 is 5.11 Å². The van der Waals surface area contributed by atoms with Crippen LogP contribution in [-0.4, -0.2) is 5.11 Å². The lowest BCUT2D eigenvalue weighted by molar-refractivity contribution is -0.147. The Morgan fingerprint density at radius 1 is 0.600 bits per heavy atom. The lowest BCUT2D eigenvalue weighted by atomic mass is 9.91. The van der Waals surface area contributed by atoms with Crippen LogP contribution in [0.3, 0.4) is 0 Å². The van der Waals surface area contributed by atoms with Gasteiger partial charge in [0.05, 0.1) is 16.7 Å². The third-order valence-electron chi connectivity index (χ3n) is 3.23. The second-order valence-corrected chi connectivity index (χ2v) is 4.99. The minimum absolute atomic E-state index is 0.364. The maximum atomic E-state index is 13.2. The van der Waals surface area contributed by atoms with Gasteiger partial charge in [0.1, 0.15) is 5.75 Å². The zero-order valence-electron chi connectivity index (χ0n) is 11.8. The number of phenolic OH excluding ortho intramolecular Hbond substituents is 1. The van der Waals surface area contributed by atoms with Crippen LogP contribution in [0.1, 0.15) is 16.7 Å². The Bertz CT molecular complexity index is 733. The fourth-order valence-corrected chi connectivity index (χ4v) is 2.19. The lowest BCUT2D eigenvalue weighted by Crippen LogP contribution is -2.18. The van der Waals surface area contributed by atoms with E-state index in [-0.39, 0.29) is 12.1 Å². The molecule has 0 unspecified atom stereocenters. The average molecular weight is 374 g/mol. The van der Waals surface area contributed by atoms with E-state index in [0.29, 0.717) is 0 Å². The van der Waals surface area contributed by atoms with Crippen molar-refractivity contribution in [2.24, 2.45) is 0 Å². The fraction of sp³-hybridized carbons (Fsp3) is 0.200. The molecule has 2 aromatic carbocycles. The van der Waals surface area contributed by atoms with Crippen molar-refractivity contribution in [3.63, 3.8) is 0 Å². The Morgan fingerprint density at radius 3 is 1.32 bits per heavy atom. The molecule has 0 atom stereocenters. The lowest BCUT2D eigenvalue weighted by Gasteiger charge is -2.21. The molecule has 136 valence electrons. The molecule has 0 saturated carbocycles. The molecule has 0 spiro atoms. The Labute approximate surface area is 134 Å². The minimum atomic E-state index is -5.46. The van der Waals surface area contributed by atoms with Crippen LogP contribution in [0.2, 0.25) is 0 Å². The van der Waals surface area contributed by atoms with Gasteiger partial charge in [-0.1, -0.05) is 12.1 Å². The highest BCUT2D eigenvalue weighted by atomic mass is 19.4. The van der Waals surface area contributed by atoms with Crippen molar-refractivity contribution in [2.75, 3.05) is 0 Å². The number of benzene rings is 2. The van der Waals surface area contributed by atoms with Crippen molar-refractivity contribution < 1.29 is 44.6 Å². The summed E-state index contributed by atoms with van der Waals surface area (Å²) >= 11 is 0. The van der Waals surface area contributed by atoms with Crippen LogP contribution in [0.15, 0.2) is 36.4 Å². The van der Waals surface area contributed by atoms with Crippen molar-refractivity contribution in [3.8, 4) is 16.9 Å². The molecular formula is C15H7F9O. The highest BCUT2D eigenvalue weighted by Crippen LogP contribution is 2.47. The molecule has 0 radical (unpaired) electrons. The van der Waals surface area contributed by atoms with Crippen molar-refractivity contribution in [1.29, 1.82) is 0 Å². The molecule has 25 heavy (non-hydrogen) atoms. The van der Waals surface area contributed by atoms with Crippen LogP contribution in [-0.2, 0) is 18.5 Å². The molecule has 0 bridgehead atoms. The Morgan fingerprint density at radius 2 is 1.00 bits per heavy atom. The van der Waals surface area contributed by atoms with Gasteiger partial charge in [-0.05, 0) is 29.8 Å². The molecule has 0 fully saturated rings. The van der Waals surface area contributed by atoms with Crippen LogP contribution in [0.25, 0.3) is 11.1 Å². The molecule has 10 heteroatoms. The normalized spacial score (nSPS) is 13.2. The summed E-state index contributed by atoms with van der Waals surface area (Å²) in [4.78, 5) is 0. The van der Waals surface area contributed by atoms with Gasteiger partial charge in [-0.2, -0.15) is 39.5 Å². The standard InChI is InChI=1S/C15H7F9O/c16-13(17,18)8-5-10(14(19,20)21)12(11(6-8)15(22,23)24)7-1-3-9(25)4-2-7/h1-6,25H. The molecule has 0 aromatic heterocycles. The quantitative estimate of drug-likeness (QED) is 0.597. The maximum Gasteiger partial charge on any atom is 0.417 e. The van der Waals surface area contributed by atoms with Gasteiger partial charge >= 0.3 is 18.5 Å². The first-order chi connectivity index (χ1) is 11.2. The molecule has 0 aliphatic carbocycles. The van der Waals surface area contributed by atoms with Crippen LogP contribution in [0.5, 0.6) is 5.75 Å². The summed E-state index contributed by atoms with van der Waals surface area (Å²) in [6, 6.07) is 2.43. The zero-order valence-corrected chi connectivity index (χ0v) is 11.8.